The van der Waals surface area contributed by atoms with Gasteiger partial charge in [-0.25, -0.2) is 0 Å². The number of rotatable bonds is 8. The first-order valence-electron chi connectivity index (χ1n) is 9.19. The van der Waals surface area contributed by atoms with Gasteiger partial charge in [-0.2, -0.15) is 0 Å². The van der Waals surface area contributed by atoms with Gasteiger partial charge in [-0.15, -0.1) is 16.8 Å². The summed E-state index contributed by atoms with van der Waals surface area (Å²) >= 11 is 1.69. The third-order valence-corrected chi connectivity index (χ3v) is 5.95. The maximum Gasteiger partial charge on any atom is 0.269 e. The molecule has 6 nitrogen and oxygen atoms in total. The van der Waals surface area contributed by atoms with Crippen LogP contribution in [-0.2, 0) is 0 Å². The zero-order chi connectivity index (χ0) is 19.5. The number of aromatic nitrogens is 3. The number of thioether (sulfide) groups is 1. The average molecular weight is 392 g/mol. The van der Waals surface area contributed by atoms with Gasteiger partial charge in [0.25, 0.3) is 5.69 Å². The minimum absolute atomic E-state index is 0.0750. The Morgan fingerprint density at radius 3 is 2.50 bits per heavy atom. The van der Waals surface area contributed by atoms with Crippen LogP contribution in [-0.4, -0.2) is 19.7 Å². The molecule has 0 spiro atoms. The van der Waals surface area contributed by atoms with Gasteiger partial charge in [0, 0.05) is 29.0 Å². The lowest BCUT2D eigenvalue weighted by atomic mass is 10.1. The van der Waals surface area contributed by atoms with Gasteiger partial charge in [-0.05, 0) is 37.0 Å². The molecule has 0 N–H and O–H groups in total. The van der Waals surface area contributed by atoms with Gasteiger partial charge < -0.3 is 0 Å². The molecule has 2 aromatic carbocycles. The van der Waals surface area contributed by atoms with Gasteiger partial charge in [0.2, 0.25) is 0 Å². The highest BCUT2D eigenvalue weighted by Crippen LogP contribution is 2.45. The predicted octanol–water partition coefficient (Wildman–Crippen LogP) is 5.60. The van der Waals surface area contributed by atoms with Crippen LogP contribution in [0.1, 0.15) is 36.1 Å². The van der Waals surface area contributed by atoms with Crippen molar-refractivity contribution in [2.45, 2.75) is 35.7 Å². The topological polar surface area (TPSA) is 73.8 Å². The second-order valence-corrected chi connectivity index (χ2v) is 7.92. The van der Waals surface area contributed by atoms with E-state index in [0.717, 1.165) is 35.8 Å². The average Bonchev–Trinajstić information content (AvgIpc) is 3.48. The quantitative estimate of drug-likeness (QED) is 0.216. The maximum atomic E-state index is 10.9. The van der Waals surface area contributed by atoms with Gasteiger partial charge in [-0.1, -0.05) is 48.2 Å². The molecule has 1 fully saturated rings. The molecule has 28 heavy (non-hydrogen) atoms. The monoisotopic (exact) mass is 392 g/mol. The van der Waals surface area contributed by atoms with E-state index >= 15 is 0 Å². The van der Waals surface area contributed by atoms with Crippen LogP contribution in [0.2, 0.25) is 0 Å². The van der Waals surface area contributed by atoms with Crippen molar-refractivity contribution in [1.82, 2.24) is 14.8 Å². The lowest BCUT2D eigenvalue weighted by Gasteiger charge is -2.16. The Hall–Kier alpha value is -2.93. The van der Waals surface area contributed by atoms with Gasteiger partial charge >= 0.3 is 0 Å². The third kappa shape index (κ3) is 3.84. The minimum atomic E-state index is -0.392. The molecule has 1 saturated carbocycles. The summed E-state index contributed by atoms with van der Waals surface area (Å²) in [4.78, 5) is 10.5. The third-order valence-electron chi connectivity index (χ3n) is 4.71. The molecule has 0 aliphatic heterocycles. The van der Waals surface area contributed by atoms with Crippen molar-refractivity contribution in [3.63, 3.8) is 0 Å². The molecule has 142 valence electrons. The molecule has 0 radical (unpaired) electrons. The molecule has 1 unspecified atom stereocenters. The van der Waals surface area contributed by atoms with Crippen LogP contribution in [0, 0.1) is 10.1 Å². The fourth-order valence-electron chi connectivity index (χ4n) is 3.15. The van der Waals surface area contributed by atoms with Gasteiger partial charge in [0.05, 0.1) is 4.92 Å². The SMILES string of the molecule is C=CCC(Sc1nnc(-c2ccc([N+](=O)[O-])cc2)n1C1CC1)c1ccccc1. The Morgan fingerprint density at radius 2 is 1.89 bits per heavy atom. The van der Waals surface area contributed by atoms with Crippen LogP contribution in [0.4, 0.5) is 5.69 Å². The number of nitro benzene ring substituents is 1. The number of non-ortho nitro benzene ring substituents is 1. The lowest BCUT2D eigenvalue weighted by molar-refractivity contribution is -0.384. The van der Waals surface area contributed by atoms with Crippen LogP contribution in [0.25, 0.3) is 11.4 Å². The summed E-state index contributed by atoms with van der Waals surface area (Å²) in [6.07, 6.45) is 4.96. The predicted molar refractivity (Wildman–Crippen MR) is 110 cm³/mol. The molecule has 0 saturated heterocycles. The van der Waals surface area contributed by atoms with Crippen LogP contribution in [0.15, 0.2) is 72.4 Å². The molecule has 3 aromatic rings. The van der Waals surface area contributed by atoms with Crippen molar-refractivity contribution in [2.24, 2.45) is 0 Å². The molecule has 0 amide bonds. The van der Waals surface area contributed by atoms with Crippen LogP contribution in [0.5, 0.6) is 0 Å². The summed E-state index contributed by atoms with van der Waals surface area (Å²) in [7, 11) is 0. The summed E-state index contributed by atoms with van der Waals surface area (Å²) in [6, 6.07) is 17.2. The highest BCUT2D eigenvalue weighted by molar-refractivity contribution is 7.99. The normalized spacial score (nSPS) is 14.6. The van der Waals surface area contributed by atoms with E-state index in [4.69, 9.17) is 0 Å². The molecular weight excluding hydrogens is 372 g/mol. The van der Waals surface area contributed by atoms with E-state index in [1.54, 1.807) is 23.9 Å². The molecule has 4 rings (SSSR count). The van der Waals surface area contributed by atoms with E-state index in [1.807, 2.05) is 24.3 Å². The van der Waals surface area contributed by atoms with Crippen molar-refractivity contribution in [3.05, 3.63) is 82.9 Å². The van der Waals surface area contributed by atoms with Crippen molar-refractivity contribution in [3.8, 4) is 11.4 Å². The zero-order valence-corrected chi connectivity index (χ0v) is 16.1. The highest BCUT2D eigenvalue weighted by Gasteiger charge is 2.31. The first kappa shape index (κ1) is 18.4. The molecule has 1 aliphatic carbocycles. The number of nitro groups is 1. The van der Waals surface area contributed by atoms with Crippen molar-refractivity contribution in [2.75, 3.05) is 0 Å². The number of hydrogen-bond acceptors (Lipinski definition) is 5. The van der Waals surface area contributed by atoms with Gasteiger partial charge in [-0.3, -0.25) is 14.7 Å². The second-order valence-electron chi connectivity index (χ2n) is 6.75. The Kier molecular flexibility index (Phi) is 5.25. The van der Waals surface area contributed by atoms with Crippen LogP contribution < -0.4 is 0 Å². The first-order chi connectivity index (χ1) is 13.7. The minimum Gasteiger partial charge on any atom is -0.299 e. The molecule has 1 aliphatic rings. The summed E-state index contributed by atoms with van der Waals surface area (Å²) < 4.78 is 2.19. The molecule has 1 heterocycles. The lowest BCUT2D eigenvalue weighted by Crippen LogP contribution is -2.02. The maximum absolute atomic E-state index is 10.9. The number of nitrogens with zero attached hydrogens (tertiary/aromatic N) is 4. The Balaban J connectivity index is 1.66. The number of benzene rings is 2. The van der Waals surface area contributed by atoms with Crippen LogP contribution in [0.3, 0.4) is 0 Å². The van der Waals surface area contributed by atoms with Crippen molar-refractivity contribution < 1.29 is 4.92 Å². The Bertz CT molecular complexity index is 981. The molecule has 7 heteroatoms. The summed E-state index contributed by atoms with van der Waals surface area (Å²) in [5.74, 6) is 0.769. The fraction of sp³-hybridized carbons (Fsp3) is 0.238. The smallest absolute Gasteiger partial charge is 0.269 e. The van der Waals surface area contributed by atoms with Crippen LogP contribution >= 0.6 is 11.8 Å². The van der Waals surface area contributed by atoms with E-state index in [9.17, 15) is 10.1 Å². The Labute approximate surface area is 167 Å². The molecular formula is C21H20N4O2S. The summed E-state index contributed by atoms with van der Waals surface area (Å²) in [6.45, 7) is 3.90. The molecule has 0 bridgehead atoms. The number of hydrogen-bond donors (Lipinski definition) is 0. The van der Waals surface area contributed by atoms with Gasteiger partial charge in [0.1, 0.15) is 0 Å². The highest BCUT2D eigenvalue weighted by atomic mass is 32.2. The number of allylic oxidation sites excluding steroid dienone is 1. The zero-order valence-electron chi connectivity index (χ0n) is 15.3. The molecule has 1 aromatic heterocycles. The van der Waals surface area contributed by atoms with E-state index in [0.29, 0.717) is 6.04 Å². The second kappa shape index (κ2) is 7.98. The van der Waals surface area contributed by atoms with Crippen molar-refractivity contribution >= 4 is 17.4 Å². The summed E-state index contributed by atoms with van der Waals surface area (Å²) in [5.41, 5.74) is 2.15. The standard InChI is InChI=1S/C21H20N4O2S/c1-2-6-19(15-7-4-3-5-8-15)28-21-23-22-20(24(21)17-13-14-17)16-9-11-18(12-10-16)25(26)27/h2-5,7-12,17,19H,1,6,13-14H2. The fourth-order valence-corrected chi connectivity index (χ4v) is 4.36. The van der Waals surface area contributed by atoms with E-state index in [2.05, 4.69) is 33.5 Å². The molecule has 1 atom stereocenters. The van der Waals surface area contributed by atoms with Crippen molar-refractivity contribution in [1.29, 1.82) is 0 Å². The Morgan fingerprint density at radius 1 is 1.18 bits per heavy atom. The van der Waals surface area contributed by atoms with Gasteiger partial charge in [0.15, 0.2) is 11.0 Å². The van der Waals surface area contributed by atoms with E-state index < -0.39 is 4.92 Å². The largest absolute Gasteiger partial charge is 0.299 e. The van der Waals surface area contributed by atoms with E-state index in [-0.39, 0.29) is 10.9 Å². The van der Waals surface area contributed by atoms with E-state index in [1.165, 1.54) is 17.7 Å². The summed E-state index contributed by atoms with van der Waals surface area (Å²) in [5, 5.41) is 20.9. The first-order valence-corrected chi connectivity index (χ1v) is 10.1.